The molecule has 0 saturated carbocycles. The van der Waals surface area contributed by atoms with Gasteiger partial charge in [0.15, 0.2) is 6.10 Å². The first-order chi connectivity index (χ1) is 16.7. The molecule has 3 heterocycles. The predicted octanol–water partition coefficient (Wildman–Crippen LogP) is 6.20. The molecule has 0 radical (unpaired) electrons. The maximum atomic E-state index is 12.6. The number of carboxylic acids is 1. The van der Waals surface area contributed by atoms with Crippen LogP contribution in [0.15, 0.2) is 42.6 Å². The number of hydrogen-bond donors (Lipinski definition) is 1. The lowest BCUT2D eigenvalue weighted by Crippen LogP contribution is -2.28. The van der Waals surface area contributed by atoms with Crippen LogP contribution in [0.5, 0.6) is 5.75 Å². The summed E-state index contributed by atoms with van der Waals surface area (Å²) in [6, 6.07) is 12.0. The second-order valence-corrected chi connectivity index (χ2v) is 10.1. The summed E-state index contributed by atoms with van der Waals surface area (Å²) in [5.41, 5.74) is 6.25. The van der Waals surface area contributed by atoms with Crippen LogP contribution in [0.3, 0.4) is 0 Å². The Balaban J connectivity index is 1.91. The fourth-order valence-corrected chi connectivity index (χ4v) is 4.98. The van der Waals surface area contributed by atoms with Gasteiger partial charge < -0.3 is 14.6 Å². The van der Waals surface area contributed by atoms with Gasteiger partial charge in [0.1, 0.15) is 5.75 Å². The highest BCUT2D eigenvalue weighted by Gasteiger charge is 2.32. The van der Waals surface area contributed by atoms with E-state index in [2.05, 4.69) is 6.92 Å². The van der Waals surface area contributed by atoms with E-state index in [1.807, 2.05) is 70.3 Å². The topological polar surface area (TPSA) is 81.5 Å². The minimum absolute atomic E-state index is 0.630. The average Bonchev–Trinajstić information content (AvgIpc) is 2.82. The molecule has 2 aromatic heterocycles. The molecule has 0 fully saturated rings. The number of hydrogen-bond acceptors (Lipinski definition) is 5. The normalized spacial score (nSPS) is 14.2. The number of pyridine rings is 2. The number of ether oxygens (including phenoxy) is 2. The smallest absolute Gasteiger partial charge is 0.337 e. The minimum atomic E-state index is -1.15. The zero-order chi connectivity index (χ0) is 24.9. The Hall–Kier alpha value is -3.51. The quantitative estimate of drug-likeness (QED) is 0.374. The monoisotopic (exact) mass is 470 g/mol. The molecule has 5 rings (SSSR count). The van der Waals surface area contributed by atoms with Crippen LogP contribution in [0, 0.1) is 6.92 Å². The van der Waals surface area contributed by atoms with Crippen molar-refractivity contribution in [1.29, 1.82) is 0 Å². The largest absolute Gasteiger partial charge is 0.493 e. The molecule has 0 saturated heterocycles. The van der Waals surface area contributed by atoms with Crippen molar-refractivity contribution < 1.29 is 19.4 Å². The molecule has 0 bridgehead atoms. The van der Waals surface area contributed by atoms with Gasteiger partial charge in [0, 0.05) is 40.2 Å². The number of nitrogens with zero attached hydrogens (tertiary/aromatic N) is 2. The Morgan fingerprint density at radius 2 is 2.00 bits per heavy atom. The van der Waals surface area contributed by atoms with Gasteiger partial charge in [0.25, 0.3) is 0 Å². The fourth-order valence-electron chi connectivity index (χ4n) is 4.98. The molecule has 0 amide bonds. The molecule has 0 aliphatic carbocycles. The van der Waals surface area contributed by atoms with E-state index in [1.54, 1.807) is 0 Å². The first-order valence-electron chi connectivity index (χ1n) is 12.1. The molecule has 0 spiro atoms. The van der Waals surface area contributed by atoms with Crippen LogP contribution in [-0.4, -0.2) is 33.3 Å². The van der Waals surface area contributed by atoms with E-state index in [0.29, 0.717) is 12.2 Å². The molecular weight excluding hydrogens is 440 g/mol. The summed E-state index contributed by atoms with van der Waals surface area (Å²) in [5, 5.41) is 12.2. The van der Waals surface area contributed by atoms with Gasteiger partial charge in [-0.2, -0.15) is 0 Å². The molecule has 1 N–H and O–H groups in total. The van der Waals surface area contributed by atoms with Crippen molar-refractivity contribution in [3.05, 3.63) is 65.0 Å². The van der Waals surface area contributed by atoms with Crippen LogP contribution < -0.4 is 4.74 Å². The van der Waals surface area contributed by atoms with E-state index in [-0.39, 0.29) is 0 Å². The number of benzene rings is 2. The van der Waals surface area contributed by atoms with Crippen molar-refractivity contribution in [2.45, 2.75) is 59.2 Å². The summed E-state index contributed by atoms with van der Waals surface area (Å²) in [6.07, 6.45) is 2.30. The number of fused-ring (bicyclic) bond motifs is 1. The maximum absolute atomic E-state index is 12.6. The summed E-state index contributed by atoms with van der Waals surface area (Å²) in [7, 11) is 0. The van der Waals surface area contributed by atoms with E-state index in [9.17, 15) is 9.90 Å². The molecule has 2 aromatic carbocycles. The van der Waals surface area contributed by atoms with Gasteiger partial charge in [-0.05, 0) is 81.1 Å². The molecule has 180 valence electrons. The SMILES string of the molecule is CCc1ccc2c(-c3ccc4c5c(ccnc35)CCO4)c(C(OC(C)(C)C)C(=O)O)c(C)cc2n1. The van der Waals surface area contributed by atoms with Gasteiger partial charge >= 0.3 is 5.97 Å². The highest BCUT2D eigenvalue weighted by atomic mass is 16.5. The van der Waals surface area contributed by atoms with Gasteiger partial charge in [-0.3, -0.25) is 9.97 Å². The van der Waals surface area contributed by atoms with Gasteiger partial charge in [0.05, 0.1) is 23.2 Å². The lowest BCUT2D eigenvalue weighted by atomic mass is 9.86. The van der Waals surface area contributed by atoms with Crippen LogP contribution in [0.25, 0.3) is 32.9 Å². The van der Waals surface area contributed by atoms with E-state index in [4.69, 9.17) is 19.4 Å². The van der Waals surface area contributed by atoms with Gasteiger partial charge in [0.2, 0.25) is 0 Å². The Bertz CT molecular complexity index is 1460. The van der Waals surface area contributed by atoms with Crippen molar-refractivity contribution in [3.8, 4) is 16.9 Å². The second kappa shape index (κ2) is 8.61. The van der Waals surface area contributed by atoms with E-state index in [1.165, 1.54) is 5.56 Å². The van der Waals surface area contributed by atoms with Crippen LogP contribution in [-0.2, 0) is 22.4 Å². The van der Waals surface area contributed by atoms with Crippen molar-refractivity contribution in [2.75, 3.05) is 6.61 Å². The third kappa shape index (κ3) is 4.12. The number of carboxylic acid groups (broad SMARTS) is 1. The van der Waals surface area contributed by atoms with Crippen LogP contribution in [0.4, 0.5) is 0 Å². The molecule has 6 nitrogen and oxygen atoms in total. The first kappa shape index (κ1) is 23.2. The lowest BCUT2D eigenvalue weighted by Gasteiger charge is -2.29. The second-order valence-electron chi connectivity index (χ2n) is 10.1. The zero-order valence-corrected chi connectivity index (χ0v) is 20.8. The third-order valence-electron chi connectivity index (χ3n) is 6.46. The highest BCUT2D eigenvalue weighted by Crippen LogP contribution is 2.44. The minimum Gasteiger partial charge on any atom is -0.493 e. The molecule has 1 aliphatic rings. The summed E-state index contributed by atoms with van der Waals surface area (Å²) >= 11 is 0. The molecule has 4 aromatic rings. The summed E-state index contributed by atoms with van der Waals surface area (Å²) in [6.45, 7) is 10.3. The lowest BCUT2D eigenvalue weighted by molar-refractivity contribution is -0.160. The van der Waals surface area contributed by atoms with Gasteiger partial charge in [-0.25, -0.2) is 4.79 Å². The number of aliphatic carboxylic acids is 1. The Labute approximate surface area is 204 Å². The number of carbonyl (C=O) groups is 1. The Morgan fingerprint density at radius 3 is 2.71 bits per heavy atom. The Kier molecular flexibility index (Phi) is 5.72. The van der Waals surface area contributed by atoms with E-state index >= 15 is 0 Å². The summed E-state index contributed by atoms with van der Waals surface area (Å²) in [4.78, 5) is 22.2. The Morgan fingerprint density at radius 1 is 1.20 bits per heavy atom. The molecular formula is C29H30N2O4. The molecule has 1 atom stereocenters. The average molecular weight is 471 g/mol. The number of rotatable bonds is 5. The van der Waals surface area contributed by atoms with Crippen molar-refractivity contribution in [2.24, 2.45) is 0 Å². The molecule has 6 heteroatoms. The van der Waals surface area contributed by atoms with Crippen LogP contribution in [0.1, 0.15) is 56.2 Å². The molecule has 1 unspecified atom stereocenters. The van der Waals surface area contributed by atoms with Gasteiger partial charge in [-0.1, -0.05) is 13.0 Å². The first-order valence-corrected chi connectivity index (χ1v) is 12.1. The van der Waals surface area contributed by atoms with Crippen LogP contribution in [0.2, 0.25) is 0 Å². The fraction of sp³-hybridized carbons (Fsp3) is 0.345. The van der Waals surface area contributed by atoms with E-state index < -0.39 is 17.7 Å². The van der Waals surface area contributed by atoms with Gasteiger partial charge in [-0.15, -0.1) is 0 Å². The number of aryl methyl sites for hydroxylation is 2. The van der Waals surface area contributed by atoms with Crippen molar-refractivity contribution in [1.82, 2.24) is 9.97 Å². The van der Waals surface area contributed by atoms with Crippen molar-refractivity contribution >= 4 is 27.8 Å². The summed E-state index contributed by atoms with van der Waals surface area (Å²) < 4.78 is 12.1. The number of aromatic nitrogens is 2. The third-order valence-corrected chi connectivity index (χ3v) is 6.46. The highest BCUT2D eigenvalue weighted by molar-refractivity contribution is 6.08. The summed E-state index contributed by atoms with van der Waals surface area (Å²) in [5.74, 6) is -0.218. The zero-order valence-electron chi connectivity index (χ0n) is 20.8. The predicted molar refractivity (Wildman–Crippen MR) is 137 cm³/mol. The maximum Gasteiger partial charge on any atom is 0.337 e. The molecule has 35 heavy (non-hydrogen) atoms. The molecule has 1 aliphatic heterocycles. The van der Waals surface area contributed by atoms with Crippen molar-refractivity contribution in [3.63, 3.8) is 0 Å². The van der Waals surface area contributed by atoms with Crippen LogP contribution >= 0.6 is 0 Å². The van der Waals surface area contributed by atoms with E-state index in [0.717, 1.165) is 62.8 Å². The standard InChI is InChI=1S/C29H30N2O4/c1-6-18-7-8-19-21(31-18)15-16(2)23(27(28(32)33)35-29(3,4)5)25(19)20-9-10-22-24-17(12-14-34-22)11-13-30-26(20)24/h7-11,13,15,27H,6,12,14H2,1-5H3,(H,32,33).